The zero-order valence-electron chi connectivity index (χ0n) is 12.3. The lowest BCUT2D eigenvalue weighted by Crippen LogP contribution is -2.28. The minimum atomic E-state index is -0.0852. The van der Waals surface area contributed by atoms with Crippen LogP contribution in [-0.4, -0.2) is 25.6 Å². The SMILES string of the molecule is CCNCc1cc(C)c(OCC(=O)NCC)c(C)c1. The summed E-state index contributed by atoms with van der Waals surface area (Å²) in [5.74, 6) is 0.726. The Morgan fingerprint density at radius 2 is 1.79 bits per heavy atom. The molecule has 0 radical (unpaired) electrons. The van der Waals surface area contributed by atoms with E-state index in [1.165, 1.54) is 5.56 Å². The normalized spacial score (nSPS) is 10.3. The summed E-state index contributed by atoms with van der Waals surface area (Å²) >= 11 is 0. The standard InChI is InChI=1S/C15H24N2O2/c1-5-16-9-13-7-11(3)15(12(4)8-13)19-10-14(18)17-6-2/h7-8,16H,5-6,9-10H2,1-4H3,(H,17,18). The molecule has 0 aromatic heterocycles. The maximum atomic E-state index is 11.4. The molecule has 1 aromatic carbocycles. The lowest BCUT2D eigenvalue weighted by Gasteiger charge is -2.14. The van der Waals surface area contributed by atoms with Gasteiger partial charge in [-0.25, -0.2) is 0 Å². The topological polar surface area (TPSA) is 50.4 Å². The van der Waals surface area contributed by atoms with Crippen LogP contribution >= 0.6 is 0 Å². The lowest BCUT2D eigenvalue weighted by molar-refractivity contribution is -0.122. The fourth-order valence-corrected chi connectivity index (χ4v) is 2.02. The number of hydrogen-bond donors (Lipinski definition) is 2. The first kappa shape index (κ1) is 15.5. The van der Waals surface area contributed by atoms with Gasteiger partial charge in [-0.15, -0.1) is 0 Å². The molecule has 0 unspecified atom stereocenters. The molecule has 0 aliphatic carbocycles. The third-order valence-corrected chi connectivity index (χ3v) is 2.82. The van der Waals surface area contributed by atoms with Crippen molar-refractivity contribution in [2.45, 2.75) is 34.2 Å². The van der Waals surface area contributed by atoms with Crippen molar-refractivity contribution in [3.8, 4) is 5.75 Å². The van der Waals surface area contributed by atoms with Gasteiger partial charge in [0.05, 0.1) is 0 Å². The van der Waals surface area contributed by atoms with Crippen molar-refractivity contribution in [2.24, 2.45) is 0 Å². The van der Waals surface area contributed by atoms with Crippen molar-refractivity contribution in [3.63, 3.8) is 0 Å². The minimum Gasteiger partial charge on any atom is -0.483 e. The van der Waals surface area contributed by atoms with Crippen molar-refractivity contribution in [2.75, 3.05) is 19.7 Å². The monoisotopic (exact) mass is 264 g/mol. The Hall–Kier alpha value is -1.55. The van der Waals surface area contributed by atoms with Crippen LogP contribution in [0.3, 0.4) is 0 Å². The highest BCUT2D eigenvalue weighted by molar-refractivity contribution is 5.77. The third-order valence-electron chi connectivity index (χ3n) is 2.82. The van der Waals surface area contributed by atoms with Gasteiger partial charge in [0.2, 0.25) is 0 Å². The molecule has 0 aliphatic rings. The largest absolute Gasteiger partial charge is 0.483 e. The van der Waals surface area contributed by atoms with E-state index in [0.29, 0.717) is 6.54 Å². The molecule has 0 saturated heterocycles. The molecule has 0 heterocycles. The summed E-state index contributed by atoms with van der Waals surface area (Å²) < 4.78 is 5.61. The highest BCUT2D eigenvalue weighted by atomic mass is 16.5. The molecule has 1 aromatic rings. The Morgan fingerprint density at radius 1 is 1.16 bits per heavy atom. The van der Waals surface area contributed by atoms with Gasteiger partial charge in [0.15, 0.2) is 6.61 Å². The predicted molar refractivity (Wildman–Crippen MR) is 77.5 cm³/mol. The summed E-state index contributed by atoms with van der Waals surface area (Å²) in [4.78, 5) is 11.4. The third kappa shape index (κ3) is 4.91. The van der Waals surface area contributed by atoms with Gasteiger partial charge >= 0.3 is 0 Å². The first-order valence-corrected chi connectivity index (χ1v) is 6.78. The molecule has 4 nitrogen and oxygen atoms in total. The van der Waals surface area contributed by atoms with Crippen LogP contribution in [0.2, 0.25) is 0 Å². The second-order valence-electron chi connectivity index (χ2n) is 4.58. The quantitative estimate of drug-likeness (QED) is 0.791. The Morgan fingerprint density at radius 3 is 2.32 bits per heavy atom. The number of aryl methyl sites for hydroxylation is 2. The summed E-state index contributed by atoms with van der Waals surface area (Å²) in [5, 5.41) is 6.02. The highest BCUT2D eigenvalue weighted by Crippen LogP contribution is 2.24. The molecule has 0 bridgehead atoms. The van der Waals surface area contributed by atoms with E-state index in [1.54, 1.807) is 0 Å². The lowest BCUT2D eigenvalue weighted by atomic mass is 10.1. The number of amides is 1. The average Bonchev–Trinajstić information content (AvgIpc) is 2.35. The van der Waals surface area contributed by atoms with Gasteiger partial charge in [0.25, 0.3) is 5.91 Å². The van der Waals surface area contributed by atoms with E-state index in [4.69, 9.17) is 4.74 Å². The van der Waals surface area contributed by atoms with Crippen molar-refractivity contribution in [1.82, 2.24) is 10.6 Å². The maximum absolute atomic E-state index is 11.4. The van der Waals surface area contributed by atoms with Gasteiger partial charge in [-0.05, 0) is 44.0 Å². The van der Waals surface area contributed by atoms with E-state index in [9.17, 15) is 4.79 Å². The van der Waals surface area contributed by atoms with E-state index < -0.39 is 0 Å². The highest BCUT2D eigenvalue weighted by Gasteiger charge is 2.08. The number of carbonyl (C=O) groups is 1. The molecular formula is C15H24N2O2. The number of rotatable bonds is 7. The molecule has 1 rings (SSSR count). The van der Waals surface area contributed by atoms with Gasteiger partial charge in [-0.1, -0.05) is 19.1 Å². The van der Waals surface area contributed by atoms with Crippen LogP contribution in [0.1, 0.15) is 30.5 Å². The summed E-state index contributed by atoms with van der Waals surface area (Å²) in [6.07, 6.45) is 0. The number of likely N-dealkylation sites (N-methyl/N-ethyl adjacent to an activating group) is 1. The summed E-state index contributed by atoms with van der Waals surface area (Å²) in [7, 11) is 0. The molecule has 0 spiro atoms. The minimum absolute atomic E-state index is 0.0715. The average molecular weight is 264 g/mol. The van der Waals surface area contributed by atoms with E-state index in [2.05, 4.69) is 29.7 Å². The summed E-state index contributed by atoms with van der Waals surface area (Å²) in [5.41, 5.74) is 3.37. The fraction of sp³-hybridized carbons (Fsp3) is 0.533. The molecule has 0 aliphatic heterocycles. The van der Waals surface area contributed by atoms with Crippen LogP contribution in [-0.2, 0) is 11.3 Å². The van der Waals surface area contributed by atoms with Gasteiger partial charge in [0.1, 0.15) is 5.75 Å². The molecular weight excluding hydrogens is 240 g/mol. The molecule has 106 valence electrons. The second-order valence-corrected chi connectivity index (χ2v) is 4.58. The Balaban J connectivity index is 2.71. The number of benzene rings is 1. The van der Waals surface area contributed by atoms with Crippen molar-refractivity contribution < 1.29 is 9.53 Å². The van der Waals surface area contributed by atoms with Crippen LogP contribution < -0.4 is 15.4 Å². The molecule has 2 N–H and O–H groups in total. The van der Waals surface area contributed by atoms with E-state index in [-0.39, 0.29) is 12.5 Å². The van der Waals surface area contributed by atoms with E-state index in [0.717, 1.165) is 30.0 Å². The predicted octanol–water partition coefficient (Wildman–Crippen LogP) is 1.93. The van der Waals surface area contributed by atoms with Gasteiger partial charge < -0.3 is 15.4 Å². The number of carbonyl (C=O) groups excluding carboxylic acids is 1. The first-order valence-electron chi connectivity index (χ1n) is 6.78. The maximum Gasteiger partial charge on any atom is 0.257 e. The Kier molecular flexibility index (Phi) is 6.36. The van der Waals surface area contributed by atoms with E-state index >= 15 is 0 Å². The van der Waals surface area contributed by atoms with Crippen LogP contribution in [0.5, 0.6) is 5.75 Å². The Bertz CT molecular complexity index is 407. The van der Waals surface area contributed by atoms with Crippen molar-refractivity contribution in [1.29, 1.82) is 0 Å². The van der Waals surface area contributed by atoms with Crippen molar-refractivity contribution >= 4 is 5.91 Å². The molecule has 0 fully saturated rings. The van der Waals surface area contributed by atoms with Gasteiger partial charge in [-0.3, -0.25) is 4.79 Å². The van der Waals surface area contributed by atoms with E-state index in [1.807, 2.05) is 20.8 Å². The van der Waals surface area contributed by atoms with Crippen LogP contribution in [0.4, 0.5) is 0 Å². The van der Waals surface area contributed by atoms with Crippen LogP contribution in [0.25, 0.3) is 0 Å². The number of ether oxygens (including phenoxy) is 1. The zero-order valence-corrected chi connectivity index (χ0v) is 12.3. The number of nitrogens with one attached hydrogen (secondary N) is 2. The molecule has 4 heteroatoms. The van der Waals surface area contributed by atoms with Crippen molar-refractivity contribution in [3.05, 3.63) is 28.8 Å². The molecule has 19 heavy (non-hydrogen) atoms. The Labute approximate surface area is 115 Å². The fourth-order valence-electron chi connectivity index (χ4n) is 2.02. The first-order chi connectivity index (χ1) is 9.08. The van der Waals surface area contributed by atoms with Gasteiger partial charge in [-0.2, -0.15) is 0 Å². The summed E-state index contributed by atoms with van der Waals surface area (Å²) in [6, 6.07) is 4.20. The summed E-state index contributed by atoms with van der Waals surface area (Å²) in [6.45, 7) is 10.5. The van der Waals surface area contributed by atoms with Crippen LogP contribution in [0, 0.1) is 13.8 Å². The zero-order chi connectivity index (χ0) is 14.3. The van der Waals surface area contributed by atoms with Crippen LogP contribution in [0.15, 0.2) is 12.1 Å². The smallest absolute Gasteiger partial charge is 0.257 e. The molecule has 1 amide bonds. The van der Waals surface area contributed by atoms with Gasteiger partial charge in [0, 0.05) is 13.1 Å². The number of hydrogen-bond acceptors (Lipinski definition) is 3. The molecule has 0 saturated carbocycles. The second kappa shape index (κ2) is 7.79. The molecule has 0 atom stereocenters.